The van der Waals surface area contributed by atoms with Gasteiger partial charge in [-0.3, -0.25) is 4.79 Å². The Morgan fingerprint density at radius 2 is 2.10 bits per heavy atom. The molecule has 0 saturated heterocycles. The molecule has 0 aliphatic heterocycles. The van der Waals surface area contributed by atoms with Crippen LogP contribution < -0.4 is 15.8 Å². The number of benzene rings is 1. The zero-order valence-corrected chi connectivity index (χ0v) is 13.0. The third kappa shape index (κ3) is 3.78. The van der Waals surface area contributed by atoms with Crippen molar-refractivity contribution in [1.29, 1.82) is 0 Å². The van der Waals surface area contributed by atoms with Crippen molar-refractivity contribution in [3.05, 3.63) is 28.8 Å². The van der Waals surface area contributed by atoms with Gasteiger partial charge in [0.05, 0.1) is 12.6 Å². The highest BCUT2D eigenvalue weighted by Crippen LogP contribution is 2.28. The number of rotatable bonds is 4. The van der Waals surface area contributed by atoms with Crippen LogP contribution in [0, 0.1) is 0 Å². The summed E-state index contributed by atoms with van der Waals surface area (Å²) in [7, 11) is 1.59. The average Bonchev–Trinajstić information content (AvgIpc) is 2.84. The first-order chi connectivity index (χ1) is 9.05. The number of carbonyl (C=O) groups excluding carboxylic acids is 1. The number of hydrogen-bond donors (Lipinski definition) is 2. The lowest BCUT2D eigenvalue weighted by Crippen LogP contribution is -2.51. The zero-order chi connectivity index (χ0) is 13.9. The second-order valence-corrected chi connectivity index (χ2v) is 5.44. The Morgan fingerprint density at radius 3 is 2.70 bits per heavy atom. The van der Waals surface area contributed by atoms with Gasteiger partial charge in [0.1, 0.15) is 5.75 Å². The average molecular weight is 319 g/mol. The molecular formula is C14H20Cl2N2O2. The van der Waals surface area contributed by atoms with E-state index in [1.54, 1.807) is 25.3 Å². The van der Waals surface area contributed by atoms with Gasteiger partial charge in [-0.25, -0.2) is 0 Å². The SMILES string of the molecule is COc1ccc(Cl)cc1CNC(=O)C1(N)CCCC1.Cl. The van der Waals surface area contributed by atoms with Crippen molar-refractivity contribution in [3.63, 3.8) is 0 Å². The number of carbonyl (C=O) groups is 1. The summed E-state index contributed by atoms with van der Waals surface area (Å²) in [4.78, 5) is 12.1. The molecule has 0 radical (unpaired) electrons. The molecule has 1 fully saturated rings. The van der Waals surface area contributed by atoms with Crippen molar-refractivity contribution < 1.29 is 9.53 Å². The van der Waals surface area contributed by atoms with Gasteiger partial charge < -0.3 is 15.8 Å². The van der Waals surface area contributed by atoms with Crippen LogP contribution in [0.2, 0.25) is 5.02 Å². The lowest BCUT2D eigenvalue weighted by atomic mass is 9.98. The number of halogens is 2. The number of ether oxygens (including phenoxy) is 1. The van der Waals surface area contributed by atoms with E-state index in [1.807, 2.05) is 0 Å². The van der Waals surface area contributed by atoms with Crippen LogP contribution in [0.5, 0.6) is 5.75 Å². The van der Waals surface area contributed by atoms with Gasteiger partial charge >= 0.3 is 0 Å². The highest BCUT2D eigenvalue weighted by atomic mass is 35.5. The first-order valence-electron chi connectivity index (χ1n) is 6.45. The number of nitrogens with one attached hydrogen (secondary N) is 1. The Kier molecular flexibility index (Phi) is 6.11. The van der Waals surface area contributed by atoms with Gasteiger partial charge in [-0.05, 0) is 31.0 Å². The van der Waals surface area contributed by atoms with E-state index >= 15 is 0 Å². The van der Waals surface area contributed by atoms with Crippen LogP contribution in [0.15, 0.2) is 18.2 Å². The lowest BCUT2D eigenvalue weighted by molar-refractivity contribution is -0.126. The van der Waals surface area contributed by atoms with Gasteiger partial charge in [0.2, 0.25) is 5.91 Å². The standard InChI is InChI=1S/C14H19ClN2O2.ClH/c1-19-12-5-4-11(15)8-10(12)9-17-13(18)14(16)6-2-3-7-14;/h4-5,8H,2-3,6-7,9,16H2,1H3,(H,17,18);1H. The highest BCUT2D eigenvalue weighted by Gasteiger charge is 2.36. The predicted octanol–water partition coefficient (Wildman–Crippen LogP) is 2.66. The molecule has 1 aromatic rings. The minimum Gasteiger partial charge on any atom is -0.496 e. The summed E-state index contributed by atoms with van der Waals surface area (Å²) in [6.45, 7) is 0.377. The van der Waals surface area contributed by atoms with Gasteiger partial charge in [-0.1, -0.05) is 24.4 Å². The van der Waals surface area contributed by atoms with Crippen molar-refractivity contribution in [2.24, 2.45) is 5.73 Å². The van der Waals surface area contributed by atoms with Gasteiger partial charge in [-0.15, -0.1) is 12.4 Å². The second-order valence-electron chi connectivity index (χ2n) is 5.00. The normalized spacial score (nSPS) is 16.4. The number of amides is 1. The van der Waals surface area contributed by atoms with Gasteiger partial charge in [-0.2, -0.15) is 0 Å². The van der Waals surface area contributed by atoms with Crippen LogP contribution in [-0.2, 0) is 11.3 Å². The fourth-order valence-electron chi connectivity index (χ4n) is 2.47. The van der Waals surface area contributed by atoms with E-state index in [-0.39, 0.29) is 18.3 Å². The molecule has 4 nitrogen and oxygen atoms in total. The van der Waals surface area contributed by atoms with Gasteiger partial charge in [0.25, 0.3) is 0 Å². The minimum atomic E-state index is -0.703. The molecule has 0 aromatic heterocycles. The lowest BCUT2D eigenvalue weighted by Gasteiger charge is -2.22. The Labute approximate surface area is 130 Å². The third-order valence-corrected chi connectivity index (χ3v) is 3.86. The highest BCUT2D eigenvalue weighted by molar-refractivity contribution is 6.30. The maximum absolute atomic E-state index is 12.1. The summed E-state index contributed by atoms with van der Waals surface area (Å²) < 4.78 is 5.24. The van der Waals surface area contributed by atoms with Crippen LogP contribution in [0.25, 0.3) is 0 Å². The summed E-state index contributed by atoms with van der Waals surface area (Å²) in [6, 6.07) is 5.34. The Balaban J connectivity index is 0.00000200. The molecule has 3 N–H and O–H groups in total. The van der Waals surface area contributed by atoms with Crippen molar-refractivity contribution in [3.8, 4) is 5.75 Å². The number of nitrogens with two attached hydrogens (primary N) is 1. The fraction of sp³-hybridized carbons (Fsp3) is 0.500. The third-order valence-electron chi connectivity index (χ3n) is 3.63. The topological polar surface area (TPSA) is 64.3 Å². The molecule has 1 aliphatic rings. The molecule has 0 unspecified atom stereocenters. The molecular weight excluding hydrogens is 299 g/mol. The van der Waals surface area contributed by atoms with Crippen LogP contribution in [-0.4, -0.2) is 18.6 Å². The van der Waals surface area contributed by atoms with Crippen molar-refractivity contribution in [2.75, 3.05) is 7.11 Å². The Hall–Kier alpha value is -0.970. The summed E-state index contributed by atoms with van der Waals surface area (Å²) >= 11 is 5.95. The Bertz CT molecular complexity index is 474. The van der Waals surface area contributed by atoms with E-state index in [9.17, 15) is 4.79 Å². The Morgan fingerprint density at radius 1 is 1.45 bits per heavy atom. The van der Waals surface area contributed by atoms with Crippen LogP contribution in [0.3, 0.4) is 0 Å². The molecule has 112 valence electrons. The van der Waals surface area contributed by atoms with Crippen molar-refractivity contribution in [1.82, 2.24) is 5.32 Å². The van der Waals surface area contributed by atoms with Crippen molar-refractivity contribution >= 4 is 29.9 Å². The largest absolute Gasteiger partial charge is 0.496 e. The van der Waals surface area contributed by atoms with E-state index < -0.39 is 5.54 Å². The zero-order valence-electron chi connectivity index (χ0n) is 11.4. The molecule has 1 amide bonds. The van der Waals surface area contributed by atoms with Crippen LogP contribution in [0.1, 0.15) is 31.2 Å². The maximum Gasteiger partial charge on any atom is 0.240 e. The summed E-state index contributed by atoms with van der Waals surface area (Å²) in [5, 5.41) is 3.50. The van der Waals surface area contributed by atoms with E-state index in [4.69, 9.17) is 22.1 Å². The molecule has 0 heterocycles. The van der Waals surface area contributed by atoms with Crippen LogP contribution in [0.4, 0.5) is 0 Å². The smallest absolute Gasteiger partial charge is 0.240 e. The molecule has 0 spiro atoms. The van der Waals surface area contributed by atoms with Gasteiger partial charge in [0.15, 0.2) is 0 Å². The first-order valence-corrected chi connectivity index (χ1v) is 6.82. The van der Waals surface area contributed by atoms with Crippen LogP contribution >= 0.6 is 24.0 Å². The van der Waals surface area contributed by atoms with E-state index in [1.165, 1.54) is 0 Å². The first kappa shape index (κ1) is 17.1. The number of methoxy groups -OCH3 is 1. The van der Waals surface area contributed by atoms with Gasteiger partial charge in [0, 0.05) is 17.1 Å². The predicted molar refractivity (Wildman–Crippen MR) is 82.5 cm³/mol. The molecule has 0 atom stereocenters. The summed E-state index contributed by atoms with van der Waals surface area (Å²) in [5.74, 6) is 0.620. The molecule has 6 heteroatoms. The minimum absolute atomic E-state index is 0. The molecule has 0 bridgehead atoms. The molecule has 20 heavy (non-hydrogen) atoms. The maximum atomic E-state index is 12.1. The van der Waals surface area contributed by atoms with E-state index in [0.717, 1.165) is 31.2 Å². The summed E-state index contributed by atoms with van der Waals surface area (Å²) in [5.41, 5.74) is 6.25. The van der Waals surface area contributed by atoms with Crippen molar-refractivity contribution in [2.45, 2.75) is 37.8 Å². The monoisotopic (exact) mass is 318 g/mol. The quantitative estimate of drug-likeness (QED) is 0.897. The fourth-order valence-corrected chi connectivity index (χ4v) is 2.66. The second kappa shape index (κ2) is 7.16. The molecule has 2 rings (SSSR count). The molecule has 1 aliphatic carbocycles. The van der Waals surface area contributed by atoms with E-state index in [2.05, 4.69) is 5.32 Å². The summed E-state index contributed by atoms with van der Waals surface area (Å²) in [6.07, 6.45) is 3.55. The number of hydrogen-bond acceptors (Lipinski definition) is 3. The van der Waals surface area contributed by atoms with E-state index in [0.29, 0.717) is 17.3 Å². The molecule has 1 saturated carbocycles. The molecule has 1 aromatic carbocycles.